The molecule has 2 heterocycles. The second-order valence-corrected chi connectivity index (χ2v) is 5.55. The van der Waals surface area contributed by atoms with E-state index in [0.717, 1.165) is 10.1 Å². The zero-order valence-corrected chi connectivity index (χ0v) is 12.9. The lowest BCUT2D eigenvalue weighted by Crippen LogP contribution is -1.94. The predicted octanol–water partition coefficient (Wildman–Crippen LogP) is 2.74. The fraction of sp³-hybridized carbons (Fsp3) is 0.133. The number of aryl methyl sites for hydroxylation is 1. The van der Waals surface area contributed by atoms with Gasteiger partial charge in [0, 0.05) is 31.2 Å². The summed E-state index contributed by atoms with van der Waals surface area (Å²) in [5, 5.41) is 11.0. The van der Waals surface area contributed by atoms with E-state index in [1.807, 2.05) is 17.8 Å². The van der Waals surface area contributed by atoms with E-state index in [2.05, 4.69) is 15.0 Å². The zero-order valence-electron chi connectivity index (χ0n) is 12.1. The van der Waals surface area contributed by atoms with Gasteiger partial charge in [0.05, 0.1) is 17.7 Å². The van der Waals surface area contributed by atoms with Gasteiger partial charge in [-0.25, -0.2) is 15.0 Å². The van der Waals surface area contributed by atoms with Crippen molar-refractivity contribution in [2.45, 2.75) is 10.1 Å². The van der Waals surface area contributed by atoms with Crippen LogP contribution in [0, 0.1) is 0 Å². The molecule has 0 aliphatic rings. The number of rotatable bonds is 4. The van der Waals surface area contributed by atoms with E-state index in [0.29, 0.717) is 17.0 Å². The van der Waals surface area contributed by atoms with Crippen molar-refractivity contribution in [1.29, 1.82) is 0 Å². The lowest BCUT2D eigenvalue weighted by molar-refractivity contribution is 0.412. The van der Waals surface area contributed by atoms with Crippen LogP contribution in [-0.4, -0.2) is 31.7 Å². The largest absolute Gasteiger partial charge is 0.507 e. The molecule has 3 aromatic rings. The zero-order chi connectivity index (χ0) is 15.5. The average Bonchev–Trinajstić information content (AvgIpc) is 2.94. The molecule has 0 saturated carbocycles. The van der Waals surface area contributed by atoms with Crippen molar-refractivity contribution in [3.8, 4) is 22.8 Å². The van der Waals surface area contributed by atoms with Crippen LogP contribution in [0.25, 0.3) is 11.3 Å². The van der Waals surface area contributed by atoms with Gasteiger partial charge in [-0.1, -0.05) is 0 Å². The maximum absolute atomic E-state index is 10.1. The van der Waals surface area contributed by atoms with Crippen molar-refractivity contribution < 1.29 is 9.84 Å². The minimum absolute atomic E-state index is 0.140. The molecule has 0 fully saturated rings. The second-order valence-electron chi connectivity index (χ2n) is 4.54. The molecule has 0 radical (unpaired) electrons. The number of imidazole rings is 1. The molecule has 2 aromatic heterocycles. The number of hydrogen-bond donors (Lipinski definition) is 1. The van der Waals surface area contributed by atoms with Gasteiger partial charge in [-0.05, 0) is 30.0 Å². The van der Waals surface area contributed by atoms with Crippen molar-refractivity contribution in [1.82, 2.24) is 19.5 Å². The Morgan fingerprint density at radius 3 is 2.86 bits per heavy atom. The molecule has 1 N–H and O–H groups in total. The maximum atomic E-state index is 10.1. The minimum Gasteiger partial charge on any atom is -0.507 e. The number of hydrogen-bond acceptors (Lipinski definition) is 6. The first-order valence-corrected chi connectivity index (χ1v) is 7.33. The second kappa shape index (κ2) is 6.07. The van der Waals surface area contributed by atoms with Gasteiger partial charge in [0.25, 0.3) is 0 Å². The number of methoxy groups -OCH3 is 1. The summed E-state index contributed by atoms with van der Waals surface area (Å²) in [7, 11) is 3.50. The van der Waals surface area contributed by atoms with E-state index in [1.165, 1.54) is 18.1 Å². The molecule has 112 valence electrons. The highest BCUT2D eigenvalue weighted by molar-refractivity contribution is 7.99. The quantitative estimate of drug-likeness (QED) is 0.798. The van der Waals surface area contributed by atoms with Crippen LogP contribution >= 0.6 is 11.8 Å². The third-order valence-corrected chi connectivity index (χ3v) is 4.21. The maximum Gasteiger partial charge on any atom is 0.172 e. The van der Waals surface area contributed by atoms with Crippen LogP contribution in [-0.2, 0) is 7.05 Å². The first-order chi connectivity index (χ1) is 10.7. The van der Waals surface area contributed by atoms with Crippen LogP contribution in [0.2, 0.25) is 0 Å². The number of phenolic OH excluding ortho intramolecular Hbond substituents is 1. The molecule has 0 atom stereocenters. The normalized spacial score (nSPS) is 10.6. The molecule has 0 bridgehead atoms. The Bertz CT molecular complexity index is 804. The molecule has 1 aromatic carbocycles. The van der Waals surface area contributed by atoms with Gasteiger partial charge in [-0.2, -0.15) is 0 Å². The summed E-state index contributed by atoms with van der Waals surface area (Å²) in [5.74, 6) is 0.792. The molecule has 6 nitrogen and oxygen atoms in total. The minimum atomic E-state index is 0.140. The van der Waals surface area contributed by atoms with Gasteiger partial charge in [0.2, 0.25) is 0 Å². The van der Waals surface area contributed by atoms with Crippen LogP contribution in [0.5, 0.6) is 11.5 Å². The molecule has 0 amide bonds. The summed E-state index contributed by atoms with van der Waals surface area (Å²) < 4.78 is 7.13. The Labute approximate surface area is 131 Å². The summed E-state index contributed by atoms with van der Waals surface area (Å²) in [6.45, 7) is 0. The summed E-state index contributed by atoms with van der Waals surface area (Å²) in [5.41, 5.74) is 1.23. The Morgan fingerprint density at radius 1 is 1.27 bits per heavy atom. The van der Waals surface area contributed by atoms with Crippen LogP contribution in [0.1, 0.15) is 0 Å². The lowest BCUT2D eigenvalue weighted by atomic mass is 10.1. The number of ether oxygens (including phenoxy) is 1. The molecule has 0 saturated heterocycles. The first-order valence-electron chi connectivity index (χ1n) is 6.51. The smallest absolute Gasteiger partial charge is 0.172 e. The molecule has 0 aliphatic heterocycles. The van der Waals surface area contributed by atoms with E-state index >= 15 is 0 Å². The molecule has 0 unspecified atom stereocenters. The van der Waals surface area contributed by atoms with Crippen molar-refractivity contribution >= 4 is 11.8 Å². The summed E-state index contributed by atoms with van der Waals surface area (Å²) >= 11 is 1.44. The number of aromatic nitrogens is 4. The number of phenols is 1. The highest BCUT2D eigenvalue weighted by atomic mass is 32.2. The average molecular weight is 314 g/mol. The number of aromatic hydroxyl groups is 1. The molecular formula is C15H14N4O2S. The fourth-order valence-electron chi connectivity index (χ4n) is 1.97. The van der Waals surface area contributed by atoms with Crippen LogP contribution in [0.3, 0.4) is 0 Å². The van der Waals surface area contributed by atoms with E-state index in [1.54, 1.807) is 37.7 Å². The number of nitrogens with zero attached hydrogens (tertiary/aromatic N) is 4. The van der Waals surface area contributed by atoms with Gasteiger partial charge >= 0.3 is 0 Å². The van der Waals surface area contributed by atoms with Crippen molar-refractivity contribution in [2.24, 2.45) is 7.05 Å². The summed E-state index contributed by atoms with van der Waals surface area (Å²) in [6, 6.07) is 5.04. The standard InChI is InChI=1S/C15H14N4O2S/c1-19-6-5-17-15(19)22-13-8-16-9-18-14(13)11-7-10(21-2)3-4-12(11)20/h3-9,20H,1-2H3. The lowest BCUT2D eigenvalue weighted by Gasteiger charge is -2.10. The SMILES string of the molecule is COc1ccc(O)c(-c2ncncc2Sc2nccn2C)c1. The molecular weight excluding hydrogens is 300 g/mol. The van der Waals surface area contributed by atoms with Gasteiger partial charge in [0.15, 0.2) is 5.16 Å². The Kier molecular flexibility index (Phi) is 3.97. The van der Waals surface area contributed by atoms with E-state index in [-0.39, 0.29) is 5.75 Å². The summed E-state index contributed by atoms with van der Waals surface area (Å²) in [6.07, 6.45) is 6.76. The Morgan fingerprint density at radius 2 is 2.14 bits per heavy atom. The highest BCUT2D eigenvalue weighted by Crippen LogP contribution is 2.38. The third-order valence-electron chi connectivity index (χ3n) is 3.12. The first kappa shape index (κ1) is 14.4. The Hall–Kier alpha value is -2.54. The molecule has 0 spiro atoms. The monoisotopic (exact) mass is 314 g/mol. The van der Waals surface area contributed by atoms with E-state index in [9.17, 15) is 5.11 Å². The van der Waals surface area contributed by atoms with Gasteiger partial charge < -0.3 is 14.4 Å². The highest BCUT2D eigenvalue weighted by Gasteiger charge is 2.15. The third kappa shape index (κ3) is 2.75. The van der Waals surface area contributed by atoms with E-state index in [4.69, 9.17) is 4.74 Å². The fourth-order valence-corrected chi connectivity index (χ4v) is 2.86. The summed E-state index contributed by atoms with van der Waals surface area (Å²) in [4.78, 5) is 13.5. The molecule has 0 aliphatic carbocycles. The topological polar surface area (TPSA) is 73.1 Å². The predicted molar refractivity (Wildman–Crippen MR) is 83.0 cm³/mol. The van der Waals surface area contributed by atoms with Crippen molar-refractivity contribution in [3.05, 3.63) is 43.1 Å². The van der Waals surface area contributed by atoms with Crippen LogP contribution < -0.4 is 4.74 Å². The van der Waals surface area contributed by atoms with Gasteiger partial charge in [-0.15, -0.1) is 0 Å². The number of benzene rings is 1. The molecule has 3 rings (SSSR count). The molecule has 7 heteroatoms. The van der Waals surface area contributed by atoms with E-state index < -0.39 is 0 Å². The van der Waals surface area contributed by atoms with Crippen molar-refractivity contribution in [2.75, 3.05) is 7.11 Å². The van der Waals surface area contributed by atoms with Gasteiger partial charge in [-0.3, -0.25) is 0 Å². The Balaban J connectivity index is 2.07. The van der Waals surface area contributed by atoms with Crippen LogP contribution in [0.4, 0.5) is 0 Å². The van der Waals surface area contributed by atoms with Crippen LogP contribution in [0.15, 0.2) is 53.2 Å². The van der Waals surface area contributed by atoms with Crippen molar-refractivity contribution in [3.63, 3.8) is 0 Å². The van der Waals surface area contributed by atoms with Gasteiger partial charge in [0.1, 0.15) is 17.8 Å². The molecule has 22 heavy (non-hydrogen) atoms.